The van der Waals surface area contributed by atoms with Gasteiger partial charge in [0.2, 0.25) is 0 Å². The number of pyridine rings is 1. The van der Waals surface area contributed by atoms with Crippen LogP contribution in [0.4, 0.5) is 0 Å². The van der Waals surface area contributed by atoms with E-state index in [1.807, 2.05) is 12.1 Å². The summed E-state index contributed by atoms with van der Waals surface area (Å²) in [4.78, 5) is 10.5. The summed E-state index contributed by atoms with van der Waals surface area (Å²) < 4.78 is 8.86. The maximum Gasteiger partial charge on any atom is 0.145 e. The molecule has 3 heterocycles. The number of hydrogen-bond donors (Lipinski definition) is 0. The molecule has 284 valence electrons. The Hall–Kier alpha value is -8.08. The molecule has 11 aromatic rings. The van der Waals surface area contributed by atoms with Gasteiger partial charge in [-0.05, 0) is 75.8 Å². The van der Waals surface area contributed by atoms with Crippen molar-refractivity contribution >= 4 is 32.7 Å². The average molecular weight is 778 g/mol. The Morgan fingerprint density at radius 3 is 1.70 bits per heavy atom. The predicted molar refractivity (Wildman–Crippen MR) is 248 cm³/mol. The fourth-order valence-corrected chi connectivity index (χ4v) is 10.3. The summed E-state index contributed by atoms with van der Waals surface area (Å²) >= 11 is 0. The summed E-state index contributed by atoms with van der Waals surface area (Å²) in [5.41, 5.74) is 16.4. The molecular formula is C57H35N3O. The van der Waals surface area contributed by atoms with Gasteiger partial charge in [-0.3, -0.25) is 4.57 Å². The van der Waals surface area contributed by atoms with E-state index in [1.54, 1.807) is 0 Å². The zero-order valence-electron chi connectivity index (χ0n) is 33.0. The minimum atomic E-state index is -0.540. The molecule has 0 atom stereocenters. The molecule has 0 N–H and O–H groups in total. The lowest BCUT2D eigenvalue weighted by molar-refractivity contribution is 0.436. The van der Waals surface area contributed by atoms with Crippen molar-refractivity contribution in [3.05, 3.63) is 235 Å². The highest BCUT2D eigenvalue weighted by Gasteiger charge is 2.51. The molecule has 1 spiro atoms. The van der Waals surface area contributed by atoms with Crippen LogP contribution >= 0.6 is 0 Å². The van der Waals surface area contributed by atoms with Gasteiger partial charge in [-0.15, -0.1) is 0 Å². The van der Waals surface area contributed by atoms with Gasteiger partial charge in [0.25, 0.3) is 0 Å². The molecule has 13 rings (SSSR count). The lowest BCUT2D eigenvalue weighted by Crippen LogP contribution is -2.32. The normalized spacial score (nSPS) is 13.2. The van der Waals surface area contributed by atoms with Gasteiger partial charge in [0.1, 0.15) is 17.3 Å². The van der Waals surface area contributed by atoms with Crippen LogP contribution in [0.2, 0.25) is 0 Å². The van der Waals surface area contributed by atoms with Crippen LogP contribution in [-0.2, 0) is 5.41 Å². The van der Waals surface area contributed by atoms with Crippen LogP contribution in [0.1, 0.15) is 22.3 Å². The van der Waals surface area contributed by atoms with Gasteiger partial charge in [-0.25, -0.2) is 9.97 Å². The average Bonchev–Trinajstić information content (AvgIpc) is 3.86. The summed E-state index contributed by atoms with van der Waals surface area (Å²) in [5.74, 6) is 2.71. The van der Waals surface area contributed by atoms with Crippen LogP contribution in [0.25, 0.3) is 83.3 Å². The number of hydrogen-bond acceptors (Lipinski definition) is 3. The molecule has 0 radical (unpaired) electrons. The third-order valence-corrected chi connectivity index (χ3v) is 12.9. The summed E-state index contributed by atoms with van der Waals surface area (Å²) in [6, 6.07) is 75.8. The maximum absolute atomic E-state index is 6.62. The molecule has 1 aliphatic heterocycles. The number of rotatable bonds is 4. The topological polar surface area (TPSA) is 39.9 Å². The third kappa shape index (κ3) is 4.82. The number of aromatic nitrogens is 3. The molecule has 0 bridgehead atoms. The van der Waals surface area contributed by atoms with E-state index in [2.05, 4.69) is 205 Å². The lowest BCUT2D eigenvalue weighted by atomic mass is 9.66. The first kappa shape index (κ1) is 33.8. The van der Waals surface area contributed by atoms with E-state index in [9.17, 15) is 0 Å². The molecule has 2 aliphatic rings. The lowest BCUT2D eigenvalue weighted by Gasteiger charge is -2.39. The van der Waals surface area contributed by atoms with Crippen LogP contribution < -0.4 is 4.74 Å². The zero-order chi connectivity index (χ0) is 40.1. The molecule has 0 amide bonds. The molecule has 0 saturated carbocycles. The zero-order valence-corrected chi connectivity index (χ0v) is 33.0. The second-order valence-corrected chi connectivity index (χ2v) is 16.0. The Kier molecular flexibility index (Phi) is 7.19. The van der Waals surface area contributed by atoms with E-state index >= 15 is 0 Å². The number of nitrogens with zero attached hydrogens (tertiary/aromatic N) is 3. The first-order valence-electron chi connectivity index (χ1n) is 20.8. The monoisotopic (exact) mass is 777 g/mol. The summed E-state index contributed by atoms with van der Waals surface area (Å²) in [6.45, 7) is 0. The molecule has 0 saturated heterocycles. The number of imidazole rings is 1. The van der Waals surface area contributed by atoms with E-state index in [1.165, 1.54) is 27.6 Å². The van der Waals surface area contributed by atoms with E-state index in [0.717, 1.165) is 89.4 Å². The second kappa shape index (κ2) is 13.0. The maximum atomic E-state index is 6.62. The fourth-order valence-electron chi connectivity index (χ4n) is 10.3. The molecule has 4 nitrogen and oxygen atoms in total. The van der Waals surface area contributed by atoms with E-state index in [4.69, 9.17) is 14.7 Å². The molecule has 61 heavy (non-hydrogen) atoms. The van der Waals surface area contributed by atoms with Crippen molar-refractivity contribution in [2.45, 2.75) is 5.41 Å². The van der Waals surface area contributed by atoms with Crippen molar-refractivity contribution in [2.75, 3.05) is 0 Å². The van der Waals surface area contributed by atoms with Gasteiger partial charge in [-0.1, -0.05) is 170 Å². The van der Waals surface area contributed by atoms with Gasteiger partial charge in [0.05, 0.1) is 27.7 Å². The van der Waals surface area contributed by atoms with Gasteiger partial charge in [0, 0.05) is 44.1 Å². The SMILES string of the molecule is c1ccc(-n2c(-c3ccc(-c4ccc(-c5nc6ccccc6c6c7c(ccc56)C5(c6ccccc6Oc6ccccc65)c5ccccc5-7)cc4)cc3)nc3ccccc32)cc1. The smallest absolute Gasteiger partial charge is 0.145 e. The second-order valence-electron chi connectivity index (χ2n) is 16.0. The Bertz CT molecular complexity index is 3500. The Morgan fingerprint density at radius 1 is 0.393 bits per heavy atom. The number of benzene rings is 9. The van der Waals surface area contributed by atoms with Gasteiger partial charge < -0.3 is 4.74 Å². The Morgan fingerprint density at radius 2 is 0.967 bits per heavy atom. The molecular weight excluding hydrogens is 743 g/mol. The highest BCUT2D eigenvalue weighted by atomic mass is 16.5. The fraction of sp³-hybridized carbons (Fsp3) is 0.0175. The van der Waals surface area contributed by atoms with E-state index in [0.29, 0.717) is 0 Å². The highest BCUT2D eigenvalue weighted by molar-refractivity contribution is 6.19. The molecule has 0 unspecified atom stereocenters. The van der Waals surface area contributed by atoms with Crippen molar-refractivity contribution in [1.29, 1.82) is 0 Å². The summed E-state index contributed by atoms with van der Waals surface area (Å²) in [5, 5.41) is 3.51. The van der Waals surface area contributed by atoms with Crippen LogP contribution in [0, 0.1) is 0 Å². The largest absolute Gasteiger partial charge is 0.457 e. The summed E-state index contributed by atoms with van der Waals surface area (Å²) in [7, 11) is 0. The van der Waals surface area contributed by atoms with Crippen LogP contribution in [0.3, 0.4) is 0 Å². The standard InChI is InChI=1S/C57H35N3O/c1-2-14-40(15-3-1)60-50-23-11-10-22-49(50)59-56(60)39-32-28-37(29-33-39)36-26-30-38(31-27-36)55-43-34-35-47-54(53(43)42-17-5-9-21-48(42)58-55)41-16-4-6-18-44(41)57(47)45-19-7-12-24-51(45)61-52-25-13-8-20-46(52)57/h1-35H. The van der Waals surface area contributed by atoms with Crippen molar-refractivity contribution < 1.29 is 4.74 Å². The molecule has 9 aromatic carbocycles. The van der Waals surface area contributed by atoms with Gasteiger partial charge >= 0.3 is 0 Å². The van der Waals surface area contributed by atoms with Crippen LogP contribution in [0.5, 0.6) is 11.5 Å². The van der Waals surface area contributed by atoms with Crippen molar-refractivity contribution in [3.63, 3.8) is 0 Å². The molecule has 1 aliphatic carbocycles. The quantitative estimate of drug-likeness (QED) is 0.167. The van der Waals surface area contributed by atoms with Crippen molar-refractivity contribution in [1.82, 2.24) is 14.5 Å². The number of para-hydroxylation sites is 6. The minimum Gasteiger partial charge on any atom is -0.457 e. The van der Waals surface area contributed by atoms with E-state index < -0.39 is 5.41 Å². The first-order chi connectivity index (χ1) is 30.3. The minimum absolute atomic E-state index is 0.540. The van der Waals surface area contributed by atoms with Gasteiger partial charge in [0.15, 0.2) is 0 Å². The van der Waals surface area contributed by atoms with Crippen molar-refractivity contribution in [2.24, 2.45) is 0 Å². The Balaban J connectivity index is 0.953. The molecule has 0 fully saturated rings. The molecule has 2 aromatic heterocycles. The number of fused-ring (bicyclic) bond motifs is 14. The molecule has 4 heteroatoms. The highest BCUT2D eigenvalue weighted by Crippen LogP contribution is 2.63. The van der Waals surface area contributed by atoms with Crippen LogP contribution in [0.15, 0.2) is 212 Å². The van der Waals surface area contributed by atoms with Gasteiger partial charge in [-0.2, -0.15) is 0 Å². The predicted octanol–water partition coefficient (Wildman–Crippen LogP) is 14.2. The third-order valence-electron chi connectivity index (χ3n) is 12.9. The van der Waals surface area contributed by atoms with Crippen molar-refractivity contribution in [3.8, 4) is 62.1 Å². The van der Waals surface area contributed by atoms with Crippen LogP contribution in [-0.4, -0.2) is 14.5 Å². The first-order valence-corrected chi connectivity index (χ1v) is 20.8. The van der Waals surface area contributed by atoms with E-state index in [-0.39, 0.29) is 0 Å². The summed E-state index contributed by atoms with van der Waals surface area (Å²) in [6.07, 6.45) is 0. The number of ether oxygens (including phenoxy) is 1. The Labute approximate surface area is 352 Å².